The first-order valence-corrected chi connectivity index (χ1v) is 14.2. The van der Waals surface area contributed by atoms with Gasteiger partial charge in [0.05, 0.1) is 29.3 Å². The predicted molar refractivity (Wildman–Crippen MR) is 148 cm³/mol. The lowest BCUT2D eigenvalue weighted by atomic mass is 9.96. The summed E-state index contributed by atoms with van der Waals surface area (Å²) >= 11 is 6.15. The average Bonchev–Trinajstić information content (AvgIpc) is 2.97. The SMILES string of the molecule is O=C(Nc1ccc(Cl)cc1N1CCN(CCC(F)(F)F)CC1)c1ccc(CNC(=O)N2CCC(C(F)(F)F)CC2)c(F)c1F. The summed E-state index contributed by atoms with van der Waals surface area (Å²) in [6.07, 6.45) is -10.0. The highest BCUT2D eigenvalue weighted by Crippen LogP contribution is 2.34. The van der Waals surface area contributed by atoms with Gasteiger partial charge in [-0.3, -0.25) is 9.69 Å². The third kappa shape index (κ3) is 8.65. The molecule has 2 heterocycles. The molecule has 3 amide bonds. The van der Waals surface area contributed by atoms with Crippen molar-refractivity contribution in [3.05, 3.63) is 58.1 Å². The molecule has 0 unspecified atom stereocenters. The van der Waals surface area contributed by atoms with Crippen LogP contribution in [-0.4, -0.2) is 79.9 Å². The Morgan fingerprint density at radius 2 is 1.55 bits per heavy atom. The molecule has 2 aliphatic heterocycles. The van der Waals surface area contributed by atoms with Crippen molar-refractivity contribution < 1.29 is 44.7 Å². The van der Waals surface area contributed by atoms with Crippen molar-refractivity contribution >= 4 is 34.9 Å². The number of alkyl halides is 6. The molecular weight excluding hydrogens is 626 g/mol. The van der Waals surface area contributed by atoms with Crippen LogP contribution in [0.3, 0.4) is 0 Å². The van der Waals surface area contributed by atoms with E-state index in [1.807, 2.05) is 4.90 Å². The van der Waals surface area contributed by atoms with E-state index < -0.39 is 60.4 Å². The second-order valence-corrected chi connectivity index (χ2v) is 11.1. The quantitative estimate of drug-likeness (QED) is 0.338. The largest absolute Gasteiger partial charge is 0.391 e. The number of carbonyl (C=O) groups is 2. The van der Waals surface area contributed by atoms with Crippen LogP contribution in [-0.2, 0) is 6.54 Å². The normalized spacial score (nSPS) is 17.1. The number of carbonyl (C=O) groups excluding carboxylic acids is 2. The number of nitrogens with zero attached hydrogens (tertiary/aromatic N) is 3. The van der Waals surface area contributed by atoms with Crippen LogP contribution >= 0.6 is 11.6 Å². The zero-order chi connectivity index (χ0) is 32.2. The Labute approximate surface area is 253 Å². The minimum Gasteiger partial charge on any atom is -0.367 e. The number of urea groups is 1. The van der Waals surface area contributed by atoms with E-state index in [2.05, 4.69) is 10.6 Å². The van der Waals surface area contributed by atoms with E-state index in [1.165, 1.54) is 17.0 Å². The third-order valence-electron chi connectivity index (χ3n) is 7.71. The molecule has 16 heteroatoms. The monoisotopic (exact) mass is 655 g/mol. The molecule has 7 nitrogen and oxygen atoms in total. The molecule has 0 aromatic heterocycles. The Morgan fingerprint density at radius 1 is 0.886 bits per heavy atom. The standard InChI is InChI=1S/C28H30ClF8N5O2/c29-19-2-4-21(22(15-19)41-13-11-40(12-14-41)10-7-27(32,33)34)39-25(43)20-3-1-17(23(30)24(20)31)16-38-26(44)42-8-5-18(6-9-42)28(35,36)37/h1-4,15,18H,5-14,16H2,(H,38,44)(H,39,43). The lowest BCUT2D eigenvalue weighted by Gasteiger charge is -2.37. The number of rotatable bonds is 7. The Bertz CT molecular complexity index is 1340. The zero-order valence-electron chi connectivity index (χ0n) is 23.3. The average molecular weight is 656 g/mol. The van der Waals surface area contributed by atoms with Gasteiger partial charge in [0.1, 0.15) is 0 Å². The van der Waals surface area contributed by atoms with Crippen LogP contribution in [0.15, 0.2) is 30.3 Å². The van der Waals surface area contributed by atoms with Crippen molar-refractivity contribution in [3.8, 4) is 0 Å². The molecule has 2 N–H and O–H groups in total. The van der Waals surface area contributed by atoms with Gasteiger partial charge in [-0.05, 0) is 37.1 Å². The second kappa shape index (κ2) is 13.8. The molecule has 2 aromatic carbocycles. The van der Waals surface area contributed by atoms with Gasteiger partial charge in [-0.2, -0.15) is 26.3 Å². The van der Waals surface area contributed by atoms with E-state index in [1.54, 1.807) is 11.0 Å². The number of benzene rings is 2. The molecule has 2 aromatic rings. The van der Waals surface area contributed by atoms with Crippen molar-refractivity contribution in [2.45, 2.75) is 38.2 Å². The van der Waals surface area contributed by atoms with Gasteiger partial charge >= 0.3 is 18.4 Å². The van der Waals surface area contributed by atoms with Crippen molar-refractivity contribution in [3.63, 3.8) is 0 Å². The van der Waals surface area contributed by atoms with Crippen LogP contribution in [0.2, 0.25) is 5.02 Å². The molecule has 0 saturated carbocycles. The van der Waals surface area contributed by atoms with Crippen LogP contribution in [0.5, 0.6) is 0 Å². The van der Waals surface area contributed by atoms with Crippen molar-refractivity contribution in [1.82, 2.24) is 15.1 Å². The molecule has 44 heavy (non-hydrogen) atoms. The smallest absolute Gasteiger partial charge is 0.367 e. The number of likely N-dealkylation sites (tertiary alicyclic amines) is 1. The van der Waals surface area contributed by atoms with E-state index in [0.29, 0.717) is 36.9 Å². The first-order chi connectivity index (χ1) is 20.6. The lowest BCUT2D eigenvalue weighted by Crippen LogP contribution is -2.47. The maximum absolute atomic E-state index is 15.0. The Balaban J connectivity index is 1.37. The maximum atomic E-state index is 15.0. The molecular formula is C28H30ClF8N5O2. The predicted octanol–water partition coefficient (Wildman–Crippen LogP) is 6.43. The topological polar surface area (TPSA) is 67.9 Å². The molecule has 0 bridgehead atoms. The van der Waals surface area contributed by atoms with Crippen LogP contribution in [0.1, 0.15) is 35.2 Å². The molecule has 0 spiro atoms. The molecule has 0 radical (unpaired) electrons. The van der Waals surface area contributed by atoms with Gasteiger partial charge < -0.3 is 20.4 Å². The van der Waals surface area contributed by atoms with E-state index in [9.17, 15) is 44.7 Å². The summed E-state index contributed by atoms with van der Waals surface area (Å²) in [5.41, 5.74) is -0.202. The number of amides is 3. The molecule has 0 aliphatic carbocycles. The minimum absolute atomic E-state index is 0.133. The molecule has 2 aliphatic rings. The number of piperazine rings is 1. The highest BCUT2D eigenvalue weighted by atomic mass is 35.5. The second-order valence-electron chi connectivity index (χ2n) is 10.7. The van der Waals surface area contributed by atoms with Crippen molar-refractivity contribution in [2.24, 2.45) is 5.92 Å². The number of hydrogen-bond acceptors (Lipinski definition) is 4. The van der Waals surface area contributed by atoms with Gasteiger partial charge in [0.25, 0.3) is 5.91 Å². The highest BCUT2D eigenvalue weighted by Gasteiger charge is 2.41. The van der Waals surface area contributed by atoms with Gasteiger partial charge in [-0.25, -0.2) is 13.6 Å². The summed E-state index contributed by atoms with van der Waals surface area (Å²) in [5.74, 6) is -5.31. The number of anilines is 2. The van der Waals surface area contributed by atoms with Gasteiger partial charge in [0, 0.05) is 62.9 Å². The van der Waals surface area contributed by atoms with Crippen LogP contribution in [0, 0.1) is 17.6 Å². The number of nitrogens with one attached hydrogen (secondary N) is 2. The van der Waals surface area contributed by atoms with Gasteiger partial charge in [0.2, 0.25) is 0 Å². The number of hydrogen-bond donors (Lipinski definition) is 2. The minimum atomic E-state index is -4.34. The first-order valence-electron chi connectivity index (χ1n) is 13.8. The van der Waals surface area contributed by atoms with E-state index in [-0.39, 0.29) is 43.7 Å². The third-order valence-corrected chi connectivity index (χ3v) is 7.95. The van der Waals surface area contributed by atoms with Crippen LogP contribution in [0.25, 0.3) is 0 Å². The summed E-state index contributed by atoms with van der Waals surface area (Å²) < 4.78 is 106. The fourth-order valence-electron chi connectivity index (χ4n) is 5.15. The summed E-state index contributed by atoms with van der Waals surface area (Å²) in [5, 5.41) is 5.23. The summed E-state index contributed by atoms with van der Waals surface area (Å²) in [7, 11) is 0. The molecule has 242 valence electrons. The van der Waals surface area contributed by atoms with Gasteiger partial charge in [0.15, 0.2) is 11.6 Å². The van der Waals surface area contributed by atoms with E-state index in [4.69, 9.17) is 11.6 Å². The van der Waals surface area contributed by atoms with Crippen molar-refractivity contribution in [2.75, 3.05) is 56.0 Å². The summed E-state index contributed by atoms with van der Waals surface area (Å²) in [4.78, 5) is 30.0. The number of piperidine rings is 1. The molecule has 0 atom stereocenters. The highest BCUT2D eigenvalue weighted by molar-refractivity contribution is 6.31. The molecule has 2 fully saturated rings. The summed E-state index contributed by atoms with van der Waals surface area (Å²) in [6.45, 7) is 0.480. The van der Waals surface area contributed by atoms with E-state index >= 15 is 0 Å². The molecule has 2 saturated heterocycles. The zero-order valence-corrected chi connectivity index (χ0v) is 24.1. The maximum Gasteiger partial charge on any atom is 0.391 e. The van der Waals surface area contributed by atoms with Crippen molar-refractivity contribution in [1.29, 1.82) is 0 Å². The number of halogens is 9. The Kier molecular flexibility index (Phi) is 10.5. The summed E-state index contributed by atoms with van der Waals surface area (Å²) in [6, 6.07) is 5.95. The first kappa shape index (κ1) is 33.6. The Morgan fingerprint density at radius 3 is 2.16 bits per heavy atom. The fraction of sp³-hybridized carbons (Fsp3) is 0.500. The fourth-order valence-corrected chi connectivity index (χ4v) is 5.32. The van der Waals surface area contributed by atoms with Gasteiger partial charge in [-0.15, -0.1) is 0 Å². The van der Waals surface area contributed by atoms with Gasteiger partial charge in [-0.1, -0.05) is 17.7 Å². The van der Waals surface area contributed by atoms with E-state index in [0.717, 1.165) is 12.1 Å². The van der Waals surface area contributed by atoms with Crippen LogP contribution < -0.4 is 15.5 Å². The van der Waals surface area contributed by atoms with Crippen LogP contribution in [0.4, 0.5) is 51.3 Å². The molecule has 4 rings (SSSR count). The lowest BCUT2D eigenvalue weighted by molar-refractivity contribution is -0.183. The Hall–Kier alpha value is -3.33.